The predicted molar refractivity (Wildman–Crippen MR) is 84.4 cm³/mol. The molecule has 0 radical (unpaired) electrons. The number of aryl methyl sites for hydroxylation is 1. The molecule has 1 heterocycles. The molecule has 112 valence electrons. The molecule has 1 N–H and O–H groups in total. The molecule has 2 aromatic rings. The molecule has 1 aromatic heterocycles. The van der Waals surface area contributed by atoms with E-state index in [2.05, 4.69) is 5.32 Å². The number of nitrogens with one attached hydrogen (secondary N) is 1. The maximum atomic E-state index is 12.1. The molecule has 0 fully saturated rings. The minimum absolute atomic E-state index is 0.0196. The van der Waals surface area contributed by atoms with Crippen molar-refractivity contribution in [2.45, 2.75) is 18.4 Å². The predicted octanol–water partition coefficient (Wildman–Crippen LogP) is 2.80. The third-order valence-corrected chi connectivity index (χ3v) is 5.86. The minimum Gasteiger partial charge on any atom is -0.350 e. The first-order valence-corrected chi connectivity index (χ1v) is 9.02. The van der Waals surface area contributed by atoms with Crippen LogP contribution in [-0.2, 0) is 21.2 Å². The van der Waals surface area contributed by atoms with Crippen LogP contribution >= 0.6 is 22.9 Å². The summed E-state index contributed by atoms with van der Waals surface area (Å²) < 4.78 is 24.3. The number of carbonyl (C=O) groups is 1. The standard InChI is InChI=1S/C14H14ClNO3S2/c1-10-6-7-11(20-10)8-16-14(17)9-21(18,19)13-5-3-2-4-12(13)15/h2-7H,8-9H2,1H3,(H,16,17). The SMILES string of the molecule is Cc1ccc(CNC(=O)CS(=O)(=O)c2ccccc2Cl)s1. The Kier molecular flexibility index (Phi) is 5.03. The Morgan fingerprint density at radius 1 is 1.24 bits per heavy atom. The number of amides is 1. The summed E-state index contributed by atoms with van der Waals surface area (Å²) in [5, 5.41) is 2.73. The van der Waals surface area contributed by atoms with E-state index in [4.69, 9.17) is 11.6 Å². The van der Waals surface area contributed by atoms with E-state index in [0.717, 1.165) is 9.75 Å². The van der Waals surface area contributed by atoms with Crippen molar-refractivity contribution < 1.29 is 13.2 Å². The lowest BCUT2D eigenvalue weighted by molar-refractivity contribution is -0.118. The van der Waals surface area contributed by atoms with Crippen LogP contribution in [0.4, 0.5) is 0 Å². The van der Waals surface area contributed by atoms with E-state index in [1.807, 2.05) is 19.1 Å². The molecule has 0 atom stereocenters. The van der Waals surface area contributed by atoms with Crippen LogP contribution in [0.5, 0.6) is 0 Å². The van der Waals surface area contributed by atoms with E-state index < -0.39 is 21.5 Å². The number of sulfone groups is 1. The monoisotopic (exact) mass is 343 g/mol. The maximum absolute atomic E-state index is 12.1. The first-order chi connectivity index (χ1) is 9.88. The molecule has 0 bridgehead atoms. The van der Waals surface area contributed by atoms with Gasteiger partial charge in [-0.3, -0.25) is 4.79 Å². The highest BCUT2D eigenvalue weighted by Gasteiger charge is 2.21. The zero-order chi connectivity index (χ0) is 15.5. The van der Waals surface area contributed by atoms with Crippen LogP contribution in [0.25, 0.3) is 0 Å². The van der Waals surface area contributed by atoms with Gasteiger partial charge in [0.2, 0.25) is 5.91 Å². The average Bonchev–Trinajstić information content (AvgIpc) is 2.82. The van der Waals surface area contributed by atoms with Gasteiger partial charge in [-0.2, -0.15) is 0 Å². The number of hydrogen-bond donors (Lipinski definition) is 1. The van der Waals surface area contributed by atoms with Gasteiger partial charge in [0.25, 0.3) is 0 Å². The molecular weight excluding hydrogens is 330 g/mol. The molecule has 0 aliphatic rings. The second-order valence-corrected chi connectivity index (χ2v) is 8.22. The highest BCUT2D eigenvalue weighted by atomic mass is 35.5. The van der Waals surface area contributed by atoms with Gasteiger partial charge < -0.3 is 5.32 Å². The lowest BCUT2D eigenvalue weighted by Gasteiger charge is -2.07. The highest BCUT2D eigenvalue weighted by Crippen LogP contribution is 2.21. The molecule has 1 aromatic carbocycles. The molecule has 4 nitrogen and oxygen atoms in total. The van der Waals surface area contributed by atoms with Gasteiger partial charge in [-0.25, -0.2) is 8.42 Å². The maximum Gasteiger partial charge on any atom is 0.235 e. The Labute approximate surface area is 132 Å². The summed E-state index contributed by atoms with van der Waals surface area (Å²) in [5.74, 6) is -1.15. The van der Waals surface area contributed by atoms with Crippen molar-refractivity contribution in [1.82, 2.24) is 5.32 Å². The van der Waals surface area contributed by atoms with Gasteiger partial charge in [0.05, 0.1) is 16.5 Å². The van der Waals surface area contributed by atoms with Crippen LogP contribution < -0.4 is 5.32 Å². The van der Waals surface area contributed by atoms with Crippen LogP contribution in [0.2, 0.25) is 5.02 Å². The van der Waals surface area contributed by atoms with Crippen molar-refractivity contribution >= 4 is 38.7 Å². The van der Waals surface area contributed by atoms with Gasteiger partial charge >= 0.3 is 0 Å². The molecule has 0 unspecified atom stereocenters. The van der Waals surface area contributed by atoms with Crippen molar-refractivity contribution in [1.29, 1.82) is 0 Å². The smallest absolute Gasteiger partial charge is 0.235 e. The van der Waals surface area contributed by atoms with Gasteiger partial charge in [-0.1, -0.05) is 23.7 Å². The molecule has 2 rings (SSSR count). The van der Waals surface area contributed by atoms with Gasteiger partial charge in [0, 0.05) is 9.75 Å². The van der Waals surface area contributed by atoms with Crippen molar-refractivity contribution in [3.63, 3.8) is 0 Å². The summed E-state index contributed by atoms with van der Waals surface area (Å²) >= 11 is 7.42. The van der Waals surface area contributed by atoms with Gasteiger partial charge in [0.1, 0.15) is 5.75 Å². The van der Waals surface area contributed by atoms with E-state index in [1.54, 1.807) is 23.5 Å². The Balaban J connectivity index is 2.00. The number of halogens is 1. The number of rotatable bonds is 5. The molecule has 1 amide bonds. The Bertz CT molecular complexity index is 753. The number of thiophene rings is 1. The summed E-state index contributed by atoms with van der Waals surface area (Å²) in [6.45, 7) is 2.30. The summed E-state index contributed by atoms with van der Waals surface area (Å²) in [5.41, 5.74) is 0. The lowest BCUT2D eigenvalue weighted by Crippen LogP contribution is -2.29. The van der Waals surface area contributed by atoms with Crippen molar-refractivity contribution in [2.75, 3.05) is 5.75 Å². The van der Waals surface area contributed by atoms with Gasteiger partial charge in [-0.05, 0) is 31.2 Å². The van der Waals surface area contributed by atoms with E-state index in [1.165, 1.54) is 12.1 Å². The second kappa shape index (κ2) is 6.60. The summed E-state index contributed by atoms with van der Waals surface area (Å²) in [6, 6.07) is 9.95. The summed E-state index contributed by atoms with van der Waals surface area (Å²) in [7, 11) is -3.73. The van der Waals surface area contributed by atoms with Crippen LogP contribution in [0.1, 0.15) is 9.75 Å². The first kappa shape index (κ1) is 16.0. The van der Waals surface area contributed by atoms with E-state index in [-0.39, 0.29) is 9.92 Å². The molecule has 0 saturated heterocycles. The number of hydrogen-bond acceptors (Lipinski definition) is 4. The molecule has 0 saturated carbocycles. The largest absolute Gasteiger partial charge is 0.350 e. The van der Waals surface area contributed by atoms with Gasteiger partial charge in [-0.15, -0.1) is 11.3 Å². The van der Waals surface area contributed by atoms with Crippen LogP contribution in [0.3, 0.4) is 0 Å². The fourth-order valence-corrected chi connectivity index (χ4v) is 4.34. The molecular formula is C14H14ClNO3S2. The molecule has 21 heavy (non-hydrogen) atoms. The quantitative estimate of drug-likeness (QED) is 0.908. The summed E-state index contributed by atoms with van der Waals surface area (Å²) in [4.78, 5) is 13.9. The first-order valence-electron chi connectivity index (χ1n) is 6.18. The van der Waals surface area contributed by atoms with Crippen LogP contribution in [0.15, 0.2) is 41.3 Å². The number of carbonyl (C=O) groups excluding carboxylic acids is 1. The Morgan fingerprint density at radius 3 is 2.57 bits per heavy atom. The zero-order valence-electron chi connectivity index (χ0n) is 11.3. The van der Waals surface area contributed by atoms with Crippen LogP contribution in [0, 0.1) is 6.92 Å². The fourth-order valence-electron chi connectivity index (χ4n) is 1.76. The van der Waals surface area contributed by atoms with Crippen molar-refractivity contribution in [3.8, 4) is 0 Å². The normalized spacial score (nSPS) is 11.3. The van der Waals surface area contributed by atoms with E-state index in [9.17, 15) is 13.2 Å². The Morgan fingerprint density at radius 2 is 1.95 bits per heavy atom. The molecule has 7 heteroatoms. The third-order valence-electron chi connectivity index (χ3n) is 2.75. The fraction of sp³-hybridized carbons (Fsp3) is 0.214. The summed E-state index contributed by atoms with van der Waals surface area (Å²) in [6.07, 6.45) is 0. The molecule has 0 aliphatic heterocycles. The number of benzene rings is 1. The van der Waals surface area contributed by atoms with E-state index >= 15 is 0 Å². The van der Waals surface area contributed by atoms with Gasteiger partial charge in [0.15, 0.2) is 9.84 Å². The minimum atomic E-state index is -3.73. The van der Waals surface area contributed by atoms with Crippen LogP contribution in [-0.4, -0.2) is 20.1 Å². The Hall–Kier alpha value is -1.37. The highest BCUT2D eigenvalue weighted by molar-refractivity contribution is 7.92. The lowest BCUT2D eigenvalue weighted by atomic mass is 10.4. The topological polar surface area (TPSA) is 63.2 Å². The molecule has 0 spiro atoms. The van der Waals surface area contributed by atoms with E-state index in [0.29, 0.717) is 6.54 Å². The second-order valence-electron chi connectivity index (χ2n) is 4.48. The molecule has 0 aliphatic carbocycles. The zero-order valence-corrected chi connectivity index (χ0v) is 13.7. The average molecular weight is 344 g/mol. The van der Waals surface area contributed by atoms with Crippen molar-refractivity contribution in [2.24, 2.45) is 0 Å². The third kappa shape index (κ3) is 4.30. The van der Waals surface area contributed by atoms with Crippen molar-refractivity contribution in [3.05, 3.63) is 51.2 Å².